The summed E-state index contributed by atoms with van der Waals surface area (Å²) in [5.74, 6) is 0.999. The summed E-state index contributed by atoms with van der Waals surface area (Å²) in [4.78, 5) is 8.72. The second kappa shape index (κ2) is 9.73. The first kappa shape index (κ1) is 24.6. The lowest BCUT2D eigenvalue weighted by Crippen LogP contribution is -2.23. The van der Waals surface area contributed by atoms with Crippen molar-refractivity contribution in [3.05, 3.63) is 65.5 Å². The van der Waals surface area contributed by atoms with Crippen LogP contribution in [0.1, 0.15) is 55.7 Å². The van der Waals surface area contributed by atoms with Crippen LogP contribution in [0.25, 0.3) is 11.3 Å². The molecule has 5 nitrogen and oxygen atoms in total. The van der Waals surface area contributed by atoms with Crippen molar-refractivity contribution in [2.75, 3.05) is 17.2 Å². The minimum absolute atomic E-state index is 0.427. The zero-order chi connectivity index (χ0) is 25.3. The van der Waals surface area contributed by atoms with Gasteiger partial charge in [-0.25, -0.2) is 9.97 Å². The van der Waals surface area contributed by atoms with Gasteiger partial charge in [-0.05, 0) is 55.0 Å². The summed E-state index contributed by atoms with van der Waals surface area (Å²) in [6.07, 6.45) is 3.87. The van der Waals surface area contributed by atoms with Crippen LogP contribution in [0.2, 0.25) is 0 Å². The molecule has 1 fully saturated rings. The third-order valence-corrected chi connectivity index (χ3v) is 7.26. The summed E-state index contributed by atoms with van der Waals surface area (Å²) in [5, 5.41) is 17.1. The number of benzene rings is 2. The summed E-state index contributed by atoms with van der Waals surface area (Å²) in [6, 6.07) is 11.4. The second-order valence-corrected chi connectivity index (χ2v) is 10.4. The zero-order valence-electron chi connectivity index (χ0n) is 20.3. The minimum Gasteiger partial charge on any atom is -0.389 e. The molecule has 0 aliphatic heterocycles. The first-order valence-electron chi connectivity index (χ1n) is 12.6. The van der Waals surface area contributed by atoms with Crippen LogP contribution in [-0.4, -0.2) is 27.2 Å². The van der Waals surface area contributed by atoms with Crippen molar-refractivity contribution in [2.24, 2.45) is 5.92 Å². The highest BCUT2D eigenvalue weighted by Gasteiger charge is 2.33. The number of nitrogens with zero attached hydrogens (tertiary/aromatic N) is 2. The van der Waals surface area contributed by atoms with Crippen molar-refractivity contribution in [1.82, 2.24) is 9.97 Å². The van der Waals surface area contributed by atoms with Crippen molar-refractivity contribution >= 4 is 17.2 Å². The lowest BCUT2D eigenvalue weighted by atomic mass is 9.89. The number of anilines is 3. The van der Waals surface area contributed by atoms with Gasteiger partial charge in [-0.2, -0.15) is 13.2 Å². The third-order valence-electron chi connectivity index (χ3n) is 7.26. The van der Waals surface area contributed by atoms with E-state index in [1.54, 1.807) is 6.07 Å². The Kier molecular flexibility index (Phi) is 6.64. The predicted octanol–water partition coefficient (Wildman–Crippen LogP) is 6.75. The number of fused-ring (bicyclic) bond motifs is 1. The number of aromatic nitrogens is 2. The van der Waals surface area contributed by atoms with E-state index < -0.39 is 17.3 Å². The van der Waals surface area contributed by atoms with Crippen LogP contribution in [0.15, 0.2) is 48.8 Å². The SMILES string of the molecule is CC1(O)Cc2cccc(Nc3cc(-c4ccc(C(F)(F)F)cc4NCC4CCCCC4)ncn3)c2C1. The highest BCUT2D eigenvalue weighted by molar-refractivity contribution is 5.78. The normalized spacial score (nSPS) is 20.2. The van der Waals surface area contributed by atoms with Gasteiger partial charge < -0.3 is 15.7 Å². The van der Waals surface area contributed by atoms with Gasteiger partial charge in [-0.3, -0.25) is 0 Å². The van der Waals surface area contributed by atoms with E-state index in [2.05, 4.69) is 20.6 Å². The van der Waals surface area contributed by atoms with Crippen molar-refractivity contribution in [3.8, 4) is 11.3 Å². The Bertz CT molecular complexity index is 1240. The number of aliphatic hydroxyl groups is 1. The monoisotopic (exact) mass is 496 g/mol. The molecule has 0 radical (unpaired) electrons. The Morgan fingerprint density at radius 3 is 2.58 bits per heavy atom. The summed E-state index contributed by atoms with van der Waals surface area (Å²) in [6.45, 7) is 2.46. The van der Waals surface area contributed by atoms with Gasteiger partial charge in [-0.15, -0.1) is 0 Å². The molecule has 3 N–H and O–H groups in total. The van der Waals surface area contributed by atoms with Crippen LogP contribution >= 0.6 is 0 Å². The van der Waals surface area contributed by atoms with E-state index >= 15 is 0 Å². The molecule has 2 aromatic carbocycles. The summed E-state index contributed by atoms with van der Waals surface area (Å²) in [5.41, 5.74) is 3.10. The second-order valence-electron chi connectivity index (χ2n) is 10.4. The van der Waals surface area contributed by atoms with E-state index in [1.165, 1.54) is 37.7 Å². The smallest absolute Gasteiger partial charge is 0.389 e. The number of alkyl halides is 3. The van der Waals surface area contributed by atoms with Crippen LogP contribution in [0.4, 0.5) is 30.4 Å². The van der Waals surface area contributed by atoms with Gasteiger partial charge in [0.2, 0.25) is 0 Å². The molecule has 3 aromatic rings. The van der Waals surface area contributed by atoms with Crippen LogP contribution in [0, 0.1) is 5.92 Å². The van der Waals surface area contributed by atoms with E-state index in [-0.39, 0.29) is 0 Å². The number of nitrogens with one attached hydrogen (secondary N) is 2. The van der Waals surface area contributed by atoms with E-state index in [4.69, 9.17) is 0 Å². The molecular weight excluding hydrogens is 465 g/mol. The molecule has 0 bridgehead atoms. The molecule has 1 unspecified atom stereocenters. The Labute approximate surface area is 209 Å². The summed E-state index contributed by atoms with van der Waals surface area (Å²) < 4.78 is 40.5. The minimum atomic E-state index is -4.42. The molecule has 36 heavy (non-hydrogen) atoms. The van der Waals surface area contributed by atoms with E-state index in [0.717, 1.165) is 35.7 Å². The van der Waals surface area contributed by atoms with E-state index in [0.29, 0.717) is 48.1 Å². The molecule has 0 saturated heterocycles. The number of hydrogen-bond acceptors (Lipinski definition) is 5. The summed E-state index contributed by atoms with van der Waals surface area (Å²) in [7, 11) is 0. The molecule has 8 heteroatoms. The lowest BCUT2D eigenvalue weighted by Gasteiger charge is -2.23. The van der Waals surface area contributed by atoms with Crippen LogP contribution in [0.5, 0.6) is 0 Å². The average molecular weight is 497 g/mol. The maximum atomic E-state index is 13.5. The average Bonchev–Trinajstić information content (AvgIpc) is 3.18. The summed E-state index contributed by atoms with van der Waals surface area (Å²) >= 11 is 0. The highest BCUT2D eigenvalue weighted by Crippen LogP contribution is 2.38. The van der Waals surface area contributed by atoms with Crippen molar-refractivity contribution in [2.45, 2.75) is 63.6 Å². The standard InChI is InChI=1S/C28H31F3N4O/c1-27(36)14-19-8-5-9-23(22(19)15-27)35-26-13-25(33-17-34-26)21-11-10-20(28(29,30)31)12-24(21)32-16-18-6-3-2-4-7-18/h5,8-13,17-18,32,36H,2-4,6-7,14-16H2,1H3,(H,33,34,35). The molecule has 2 aliphatic carbocycles. The van der Waals surface area contributed by atoms with Gasteiger partial charge in [0.1, 0.15) is 12.1 Å². The maximum absolute atomic E-state index is 13.5. The number of hydrogen-bond donors (Lipinski definition) is 3. The Hall–Kier alpha value is -3.13. The fourth-order valence-corrected chi connectivity index (χ4v) is 5.43. The molecule has 1 heterocycles. The zero-order valence-corrected chi connectivity index (χ0v) is 20.3. The Morgan fingerprint density at radius 1 is 1.00 bits per heavy atom. The van der Waals surface area contributed by atoms with Gasteiger partial charge >= 0.3 is 6.18 Å². The van der Waals surface area contributed by atoms with Gasteiger partial charge in [0.25, 0.3) is 0 Å². The molecule has 190 valence electrons. The van der Waals surface area contributed by atoms with Gasteiger partial charge in [0, 0.05) is 42.4 Å². The van der Waals surface area contributed by atoms with Crippen molar-refractivity contribution < 1.29 is 18.3 Å². The number of rotatable bonds is 6. The molecular formula is C28H31F3N4O. The molecule has 2 aliphatic rings. The fraction of sp³-hybridized carbons (Fsp3) is 0.429. The van der Waals surface area contributed by atoms with Crippen molar-refractivity contribution in [3.63, 3.8) is 0 Å². The quantitative estimate of drug-likeness (QED) is 0.352. The Balaban J connectivity index is 1.43. The molecule has 5 rings (SSSR count). The molecule has 0 amide bonds. The van der Waals surface area contributed by atoms with Gasteiger partial charge in [0.15, 0.2) is 0 Å². The molecule has 1 saturated carbocycles. The maximum Gasteiger partial charge on any atom is 0.416 e. The number of halogens is 3. The van der Waals surface area contributed by atoms with E-state index in [1.807, 2.05) is 25.1 Å². The lowest BCUT2D eigenvalue weighted by molar-refractivity contribution is -0.137. The molecule has 1 atom stereocenters. The first-order valence-corrected chi connectivity index (χ1v) is 12.6. The van der Waals surface area contributed by atoms with Crippen LogP contribution in [0.3, 0.4) is 0 Å². The molecule has 0 spiro atoms. The largest absolute Gasteiger partial charge is 0.416 e. The van der Waals surface area contributed by atoms with Crippen LogP contribution < -0.4 is 10.6 Å². The topological polar surface area (TPSA) is 70.1 Å². The first-order chi connectivity index (χ1) is 17.2. The fourth-order valence-electron chi connectivity index (χ4n) is 5.43. The molecule has 1 aromatic heterocycles. The van der Waals surface area contributed by atoms with E-state index in [9.17, 15) is 18.3 Å². The Morgan fingerprint density at radius 2 is 1.81 bits per heavy atom. The van der Waals surface area contributed by atoms with Gasteiger partial charge in [-0.1, -0.05) is 37.5 Å². The van der Waals surface area contributed by atoms with Crippen LogP contribution in [-0.2, 0) is 19.0 Å². The predicted molar refractivity (Wildman–Crippen MR) is 135 cm³/mol. The third kappa shape index (κ3) is 5.48. The van der Waals surface area contributed by atoms with Crippen molar-refractivity contribution in [1.29, 1.82) is 0 Å². The highest BCUT2D eigenvalue weighted by atomic mass is 19.4. The van der Waals surface area contributed by atoms with Gasteiger partial charge in [0.05, 0.1) is 16.9 Å².